The van der Waals surface area contributed by atoms with E-state index in [2.05, 4.69) is 9.88 Å². The van der Waals surface area contributed by atoms with E-state index in [9.17, 15) is 4.79 Å². The summed E-state index contributed by atoms with van der Waals surface area (Å²) in [5.41, 5.74) is 3.87. The number of methoxy groups -OCH3 is 3. The number of aryl methyl sites for hydroxylation is 1. The SMILES string of the molecule is COc1cc(/C=C2\Oc3c4c(cc(C)c3C2=O)OCN(Cc2ccccn2)C4)cc(OC)c1OC. The third-order valence-corrected chi connectivity index (χ3v) is 6.08. The third-order valence-electron chi connectivity index (χ3n) is 6.08. The first-order valence-electron chi connectivity index (χ1n) is 11.2. The number of ether oxygens (including phenoxy) is 5. The van der Waals surface area contributed by atoms with Crippen molar-refractivity contribution >= 4 is 11.9 Å². The molecule has 180 valence electrons. The molecule has 5 rings (SSSR count). The van der Waals surface area contributed by atoms with Gasteiger partial charge in [0.1, 0.15) is 18.2 Å². The minimum absolute atomic E-state index is 0.170. The van der Waals surface area contributed by atoms with Crippen molar-refractivity contribution in [2.75, 3.05) is 28.1 Å². The number of benzene rings is 2. The molecule has 8 nitrogen and oxygen atoms in total. The van der Waals surface area contributed by atoms with Crippen LogP contribution in [0.25, 0.3) is 6.08 Å². The maximum absolute atomic E-state index is 13.4. The molecule has 3 aromatic rings. The highest BCUT2D eigenvalue weighted by Crippen LogP contribution is 2.45. The quantitative estimate of drug-likeness (QED) is 0.487. The number of Topliss-reactive ketones (excluding diaryl/α,β-unsaturated/α-hetero) is 1. The lowest BCUT2D eigenvalue weighted by Crippen LogP contribution is -2.32. The molecule has 8 heteroatoms. The highest BCUT2D eigenvalue weighted by Gasteiger charge is 2.35. The molecule has 0 N–H and O–H groups in total. The number of pyridine rings is 1. The average molecular weight is 475 g/mol. The predicted molar refractivity (Wildman–Crippen MR) is 129 cm³/mol. The molecule has 0 saturated carbocycles. The molecule has 35 heavy (non-hydrogen) atoms. The molecule has 0 radical (unpaired) electrons. The second kappa shape index (κ2) is 9.31. The maximum Gasteiger partial charge on any atom is 0.232 e. The number of aromatic nitrogens is 1. The smallest absolute Gasteiger partial charge is 0.232 e. The Morgan fingerprint density at radius 2 is 1.86 bits per heavy atom. The fourth-order valence-corrected chi connectivity index (χ4v) is 4.43. The van der Waals surface area contributed by atoms with Gasteiger partial charge in [0, 0.05) is 19.3 Å². The topological polar surface area (TPSA) is 79.4 Å². The van der Waals surface area contributed by atoms with Crippen molar-refractivity contribution in [3.8, 4) is 28.7 Å². The van der Waals surface area contributed by atoms with Crippen LogP contribution in [0.1, 0.15) is 32.7 Å². The van der Waals surface area contributed by atoms with Gasteiger partial charge in [0.25, 0.3) is 0 Å². The lowest BCUT2D eigenvalue weighted by Gasteiger charge is -2.29. The molecule has 3 heterocycles. The van der Waals surface area contributed by atoms with Crippen LogP contribution in [-0.4, -0.2) is 43.7 Å². The second-order valence-electron chi connectivity index (χ2n) is 8.35. The van der Waals surface area contributed by atoms with Crippen LogP contribution in [0.2, 0.25) is 0 Å². The Balaban J connectivity index is 1.48. The Bertz CT molecular complexity index is 1290. The summed E-state index contributed by atoms with van der Waals surface area (Å²) >= 11 is 0. The van der Waals surface area contributed by atoms with E-state index in [4.69, 9.17) is 23.7 Å². The zero-order valence-corrected chi connectivity index (χ0v) is 20.1. The lowest BCUT2D eigenvalue weighted by atomic mass is 9.98. The van der Waals surface area contributed by atoms with Gasteiger partial charge in [-0.15, -0.1) is 0 Å². The number of nitrogens with zero attached hydrogens (tertiary/aromatic N) is 2. The van der Waals surface area contributed by atoms with E-state index in [1.165, 1.54) is 0 Å². The fourth-order valence-electron chi connectivity index (χ4n) is 4.43. The molecule has 2 aliphatic heterocycles. The highest BCUT2D eigenvalue weighted by molar-refractivity contribution is 6.16. The van der Waals surface area contributed by atoms with Crippen LogP contribution in [0.3, 0.4) is 0 Å². The Hall–Kier alpha value is -4.04. The average Bonchev–Trinajstić information content (AvgIpc) is 3.21. The van der Waals surface area contributed by atoms with Crippen molar-refractivity contribution in [3.05, 3.63) is 76.3 Å². The largest absolute Gasteiger partial charge is 0.493 e. The molecular weight excluding hydrogens is 448 g/mol. The van der Waals surface area contributed by atoms with E-state index >= 15 is 0 Å². The summed E-state index contributed by atoms with van der Waals surface area (Å²) in [5, 5.41) is 0. The summed E-state index contributed by atoms with van der Waals surface area (Å²) in [6.45, 7) is 3.54. The van der Waals surface area contributed by atoms with Crippen molar-refractivity contribution in [3.63, 3.8) is 0 Å². The van der Waals surface area contributed by atoms with Crippen LogP contribution in [0.5, 0.6) is 28.7 Å². The number of hydrogen-bond donors (Lipinski definition) is 0. The fraction of sp³-hybridized carbons (Fsp3) is 0.259. The highest BCUT2D eigenvalue weighted by atomic mass is 16.5. The number of allylic oxidation sites excluding steroid dienone is 1. The van der Waals surface area contributed by atoms with Gasteiger partial charge in [-0.1, -0.05) is 6.07 Å². The molecular formula is C27H26N2O6. The molecule has 0 bridgehead atoms. The standard InChI is InChI=1S/C27H26N2O6/c1-16-9-20-19(14-29(15-34-20)13-18-7-5-6-8-28-18)26-24(16)25(30)21(35-26)10-17-11-22(31-2)27(33-4)23(12-17)32-3/h5-12H,13-15H2,1-4H3/b21-10-. The molecule has 0 atom stereocenters. The van der Waals surface area contributed by atoms with Crippen LogP contribution >= 0.6 is 0 Å². The zero-order chi connectivity index (χ0) is 24.5. The summed E-state index contributed by atoms with van der Waals surface area (Å²) in [6.07, 6.45) is 3.46. The van der Waals surface area contributed by atoms with E-state index in [0.717, 1.165) is 22.6 Å². The minimum atomic E-state index is -0.170. The van der Waals surface area contributed by atoms with Crippen molar-refractivity contribution in [2.24, 2.45) is 0 Å². The normalized spacial score (nSPS) is 15.8. The van der Waals surface area contributed by atoms with Crippen LogP contribution in [-0.2, 0) is 13.1 Å². The number of ketones is 1. The van der Waals surface area contributed by atoms with Gasteiger partial charge in [-0.05, 0) is 54.5 Å². The van der Waals surface area contributed by atoms with Crippen LogP contribution in [0, 0.1) is 6.92 Å². The van der Waals surface area contributed by atoms with Gasteiger partial charge in [-0.25, -0.2) is 0 Å². The molecule has 0 fully saturated rings. The molecule has 0 aliphatic carbocycles. The molecule has 0 unspecified atom stereocenters. The van der Waals surface area contributed by atoms with Crippen LogP contribution in [0.15, 0.2) is 48.4 Å². The van der Waals surface area contributed by atoms with Crippen molar-refractivity contribution < 1.29 is 28.5 Å². The molecule has 0 spiro atoms. The molecule has 2 aromatic carbocycles. The summed E-state index contributed by atoms with van der Waals surface area (Å²) in [6, 6.07) is 11.3. The summed E-state index contributed by atoms with van der Waals surface area (Å²) < 4.78 is 28.5. The molecule has 1 aromatic heterocycles. The Morgan fingerprint density at radius 1 is 1.09 bits per heavy atom. The number of fused-ring (bicyclic) bond motifs is 3. The summed E-state index contributed by atoms with van der Waals surface area (Å²) in [7, 11) is 4.64. The summed E-state index contributed by atoms with van der Waals surface area (Å²) in [5.74, 6) is 2.81. The summed E-state index contributed by atoms with van der Waals surface area (Å²) in [4.78, 5) is 19.9. The first-order valence-corrected chi connectivity index (χ1v) is 11.2. The van der Waals surface area contributed by atoms with Crippen LogP contribution < -0.4 is 23.7 Å². The van der Waals surface area contributed by atoms with Gasteiger partial charge in [-0.2, -0.15) is 0 Å². The van der Waals surface area contributed by atoms with E-state index < -0.39 is 0 Å². The Kier molecular flexibility index (Phi) is 6.05. The number of rotatable bonds is 6. The van der Waals surface area contributed by atoms with Gasteiger partial charge in [-0.3, -0.25) is 14.7 Å². The van der Waals surface area contributed by atoms with Gasteiger partial charge in [0.05, 0.1) is 38.2 Å². The van der Waals surface area contributed by atoms with E-state index in [1.54, 1.807) is 45.7 Å². The van der Waals surface area contributed by atoms with E-state index in [-0.39, 0.29) is 11.5 Å². The van der Waals surface area contributed by atoms with E-state index in [1.807, 2.05) is 31.2 Å². The van der Waals surface area contributed by atoms with E-state index in [0.29, 0.717) is 53.9 Å². The predicted octanol–water partition coefficient (Wildman–Crippen LogP) is 4.38. The Morgan fingerprint density at radius 3 is 2.51 bits per heavy atom. The molecule has 2 aliphatic rings. The zero-order valence-electron chi connectivity index (χ0n) is 20.1. The maximum atomic E-state index is 13.4. The number of carbonyl (C=O) groups excluding carboxylic acids is 1. The lowest BCUT2D eigenvalue weighted by molar-refractivity contribution is 0.0861. The number of carbonyl (C=O) groups is 1. The molecule has 0 amide bonds. The van der Waals surface area contributed by atoms with Gasteiger partial charge in [0.2, 0.25) is 11.5 Å². The second-order valence-corrected chi connectivity index (χ2v) is 8.35. The van der Waals surface area contributed by atoms with Gasteiger partial charge >= 0.3 is 0 Å². The monoisotopic (exact) mass is 474 g/mol. The first kappa shape index (κ1) is 22.7. The van der Waals surface area contributed by atoms with Crippen molar-refractivity contribution in [2.45, 2.75) is 20.0 Å². The van der Waals surface area contributed by atoms with Gasteiger partial charge < -0.3 is 23.7 Å². The Labute approximate surface area is 203 Å². The number of hydrogen-bond acceptors (Lipinski definition) is 8. The van der Waals surface area contributed by atoms with Gasteiger partial charge in [0.15, 0.2) is 17.3 Å². The van der Waals surface area contributed by atoms with Crippen molar-refractivity contribution in [1.82, 2.24) is 9.88 Å². The first-order chi connectivity index (χ1) is 17.0. The third kappa shape index (κ3) is 4.17. The van der Waals surface area contributed by atoms with Crippen molar-refractivity contribution in [1.29, 1.82) is 0 Å². The molecule has 0 saturated heterocycles. The minimum Gasteiger partial charge on any atom is -0.493 e. The van der Waals surface area contributed by atoms with Crippen LogP contribution in [0.4, 0.5) is 0 Å².